The van der Waals surface area contributed by atoms with Gasteiger partial charge >= 0.3 is 6.18 Å². The highest BCUT2D eigenvalue weighted by Gasteiger charge is 2.37. The lowest BCUT2D eigenvalue weighted by molar-refractivity contribution is -0.137. The van der Waals surface area contributed by atoms with Crippen molar-refractivity contribution in [3.63, 3.8) is 0 Å². The highest BCUT2D eigenvalue weighted by Crippen LogP contribution is 2.44. The summed E-state index contributed by atoms with van der Waals surface area (Å²) < 4.78 is 39.6. The van der Waals surface area contributed by atoms with Crippen LogP contribution in [0.3, 0.4) is 0 Å². The van der Waals surface area contributed by atoms with Gasteiger partial charge < -0.3 is 0 Å². The summed E-state index contributed by atoms with van der Waals surface area (Å²) in [7, 11) is 0. The van der Waals surface area contributed by atoms with E-state index in [1.807, 2.05) is 24.3 Å². The number of halogens is 4. The van der Waals surface area contributed by atoms with E-state index in [4.69, 9.17) is 0 Å². The summed E-state index contributed by atoms with van der Waals surface area (Å²) in [5.41, 5.74) is 0.363. The number of benzene rings is 2. The minimum Gasteiger partial charge on any atom is -0.295 e. The number of nitrogens with zero attached hydrogens (tertiary/aromatic N) is 1. The molecule has 1 aliphatic rings. The van der Waals surface area contributed by atoms with E-state index in [0.717, 1.165) is 22.2 Å². The van der Waals surface area contributed by atoms with Crippen molar-refractivity contribution in [1.29, 1.82) is 0 Å². The summed E-state index contributed by atoms with van der Waals surface area (Å²) in [5.74, 6) is 0.0393. The standard InChI is InChI=1S/C16H11BrF3NOS/c17-13-7-2-1-6-12(13)15-21(14(22)9-23-15)11-5-3-4-10(8-11)16(18,19)20/h1-8,15H,9H2. The molecular weight excluding hydrogens is 391 g/mol. The van der Waals surface area contributed by atoms with E-state index in [2.05, 4.69) is 15.9 Å². The summed E-state index contributed by atoms with van der Waals surface area (Å²) in [4.78, 5) is 13.7. The fourth-order valence-electron chi connectivity index (χ4n) is 2.44. The molecule has 0 radical (unpaired) electrons. The molecule has 1 amide bonds. The molecule has 0 N–H and O–H groups in total. The molecule has 1 unspecified atom stereocenters. The first-order chi connectivity index (χ1) is 10.9. The van der Waals surface area contributed by atoms with E-state index in [1.54, 1.807) is 0 Å². The van der Waals surface area contributed by atoms with Gasteiger partial charge in [0.1, 0.15) is 5.37 Å². The van der Waals surface area contributed by atoms with E-state index in [9.17, 15) is 18.0 Å². The number of carbonyl (C=O) groups is 1. The minimum atomic E-state index is -4.44. The molecule has 7 heteroatoms. The predicted molar refractivity (Wildman–Crippen MR) is 88.3 cm³/mol. The molecular formula is C16H11BrF3NOS. The Kier molecular flexibility index (Phi) is 4.42. The average Bonchev–Trinajstić information content (AvgIpc) is 2.88. The maximum absolute atomic E-state index is 12.9. The average molecular weight is 402 g/mol. The van der Waals surface area contributed by atoms with Crippen molar-refractivity contribution in [3.05, 3.63) is 64.1 Å². The predicted octanol–water partition coefficient (Wildman–Crippen LogP) is 5.25. The summed E-state index contributed by atoms with van der Waals surface area (Å²) in [5, 5.41) is -0.346. The lowest BCUT2D eigenvalue weighted by Crippen LogP contribution is -2.28. The van der Waals surface area contributed by atoms with E-state index in [-0.39, 0.29) is 22.7 Å². The molecule has 1 saturated heterocycles. The molecule has 0 aliphatic carbocycles. The number of alkyl halides is 3. The lowest BCUT2D eigenvalue weighted by Gasteiger charge is -2.25. The Morgan fingerprint density at radius 3 is 2.57 bits per heavy atom. The Bertz CT molecular complexity index is 750. The molecule has 120 valence electrons. The summed E-state index contributed by atoms with van der Waals surface area (Å²) in [6, 6.07) is 12.3. The molecule has 2 aromatic carbocycles. The van der Waals surface area contributed by atoms with E-state index in [1.165, 1.54) is 28.8 Å². The van der Waals surface area contributed by atoms with Crippen LogP contribution in [0.1, 0.15) is 16.5 Å². The van der Waals surface area contributed by atoms with Gasteiger partial charge in [-0.2, -0.15) is 13.2 Å². The number of anilines is 1. The number of thioether (sulfide) groups is 1. The monoisotopic (exact) mass is 401 g/mol. The Morgan fingerprint density at radius 2 is 1.87 bits per heavy atom. The molecule has 1 fully saturated rings. The maximum atomic E-state index is 12.9. The lowest BCUT2D eigenvalue weighted by atomic mass is 10.1. The van der Waals surface area contributed by atoms with Crippen molar-refractivity contribution in [3.8, 4) is 0 Å². The van der Waals surface area contributed by atoms with Crippen LogP contribution in [0.15, 0.2) is 53.0 Å². The normalized spacial score (nSPS) is 18.5. The summed E-state index contributed by atoms with van der Waals surface area (Å²) >= 11 is 4.84. The quantitative estimate of drug-likeness (QED) is 0.684. The molecule has 3 rings (SSSR count). The van der Waals surface area contributed by atoms with Crippen LogP contribution >= 0.6 is 27.7 Å². The van der Waals surface area contributed by atoms with E-state index < -0.39 is 11.7 Å². The Labute approximate surface area is 143 Å². The highest BCUT2D eigenvalue weighted by atomic mass is 79.9. The van der Waals surface area contributed by atoms with Gasteiger partial charge in [0.05, 0.1) is 11.3 Å². The molecule has 2 nitrogen and oxygen atoms in total. The molecule has 2 aromatic rings. The molecule has 23 heavy (non-hydrogen) atoms. The van der Waals surface area contributed by atoms with E-state index >= 15 is 0 Å². The second-order valence-electron chi connectivity index (χ2n) is 5.00. The van der Waals surface area contributed by atoms with Crippen molar-refractivity contribution in [2.24, 2.45) is 0 Å². The van der Waals surface area contributed by atoms with Gasteiger partial charge in [0.25, 0.3) is 0 Å². The number of hydrogen-bond acceptors (Lipinski definition) is 2. The Balaban J connectivity index is 2.03. The number of carbonyl (C=O) groups excluding carboxylic acids is 1. The smallest absolute Gasteiger partial charge is 0.295 e. The molecule has 1 heterocycles. The number of hydrogen-bond donors (Lipinski definition) is 0. The van der Waals surface area contributed by atoms with Crippen LogP contribution in [-0.2, 0) is 11.0 Å². The molecule has 1 aliphatic heterocycles. The van der Waals surface area contributed by atoms with Crippen LogP contribution < -0.4 is 4.90 Å². The number of rotatable bonds is 2. The van der Waals surface area contributed by atoms with E-state index in [0.29, 0.717) is 0 Å². The maximum Gasteiger partial charge on any atom is 0.416 e. The number of amides is 1. The van der Waals surface area contributed by atoms with Gasteiger partial charge in [0.2, 0.25) is 5.91 Å². The van der Waals surface area contributed by atoms with Gasteiger partial charge in [0.15, 0.2) is 0 Å². The third-order valence-electron chi connectivity index (χ3n) is 3.49. The zero-order chi connectivity index (χ0) is 16.6. The van der Waals surface area contributed by atoms with Gasteiger partial charge in [-0.1, -0.05) is 40.2 Å². The largest absolute Gasteiger partial charge is 0.416 e. The Morgan fingerprint density at radius 1 is 1.13 bits per heavy atom. The molecule has 0 aromatic heterocycles. The van der Waals surface area contributed by atoms with Gasteiger partial charge in [-0.3, -0.25) is 9.69 Å². The van der Waals surface area contributed by atoms with Gasteiger partial charge in [-0.15, -0.1) is 11.8 Å². The summed E-state index contributed by atoms with van der Waals surface area (Å²) in [6.45, 7) is 0. The van der Waals surface area contributed by atoms with Crippen LogP contribution in [0.2, 0.25) is 0 Å². The van der Waals surface area contributed by atoms with Crippen molar-refractivity contribution in [2.45, 2.75) is 11.6 Å². The Hall–Kier alpha value is -1.47. The second-order valence-corrected chi connectivity index (χ2v) is 6.92. The van der Waals surface area contributed by atoms with Crippen LogP contribution in [0.4, 0.5) is 18.9 Å². The van der Waals surface area contributed by atoms with Crippen molar-refractivity contribution in [1.82, 2.24) is 0 Å². The zero-order valence-electron chi connectivity index (χ0n) is 11.7. The van der Waals surface area contributed by atoms with Crippen LogP contribution in [0.5, 0.6) is 0 Å². The van der Waals surface area contributed by atoms with Gasteiger partial charge in [-0.25, -0.2) is 0 Å². The molecule has 0 spiro atoms. The highest BCUT2D eigenvalue weighted by molar-refractivity contribution is 9.10. The van der Waals surface area contributed by atoms with Crippen LogP contribution in [-0.4, -0.2) is 11.7 Å². The third kappa shape index (κ3) is 3.26. The third-order valence-corrected chi connectivity index (χ3v) is 5.41. The van der Waals surface area contributed by atoms with Crippen molar-refractivity contribution >= 4 is 39.3 Å². The first kappa shape index (κ1) is 16.4. The first-order valence-electron chi connectivity index (χ1n) is 6.73. The van der Waals surface area contributed by atoms with Crippen LogP contribution in [0, 0.1) is 0 Å². The second kappa shape index (κ2) is 6.20. The van der Waals surface area contributed by atoms with Crippen molar-refractivity contribution in [2.75, 3.05) is 10.7 Å². The first-order valence-corrected chi connectivity index (χ1v) is 8.57. The molecule has 1 atom stereocenters. The SMILES string of the molecule is O=C1CSC(c2ccccc2Br)N1c1cccc(C(F)(F)F)c1. The van der Waals surface area contributed by atoms with Gasteiger partial charge in [0, 0.05) is 10.2 Å². The topological polar surface area (TPSA) is 20.3 Å². The van der Waals surface area contributed by atoms with Crippen molar-refractivity contribution < 1.29 is 18.0 Å². The molecule has 0 saturated carbocycles. The van der Waals surface area contributed by atoms with Crippen LogP contribution in [0.25, 0.3) is 0 Å². The fourth-order valence-corrected chi connectivity index (χ4v) is 4.31. The molecule has 0 bridgehead atoms. The fraction of sp³-hybridized carbons (Fsp3) is 0.188. The van der Waals surface area contributed by atoms with Gasteiger partial charge in [-0.05, 0) is 29.8 Å². The summed E-state index contributed by atoms with van der Waals surface area (Å²) in [6.07, 6.45) is -4.44. The zero-order valence-corrected chi connectivity index (χ0v) is 14.1. The minimum absolute atomic E-state index is 0.199.